The smallest absolute Gasteiger partial charge is 0.129 e. The lowest BCUT2D eigenvalue weighted by molar-refractivity contribution is 0.124. The molecule has 0 bridgehead atoms. The van der Waals surface area contributed by atoms with Crippen molar-refractivity contribution in [2.45, 2.75) is 26.2 Å². The van der Waals surface area contributed by atoms with Crippen LogP contribution in [0.15, 0.2) is 66.7 Å². The van der Waals surface area contributed by atoms with Gasteiger partial charge < -0.3 is 0 Å². The summed E-state index contributed by atoms with van der Waals surface area (Å²) in [5.41, 5.74) is 4.12. The van der Waals surface area contributed by atoms with Gasteiger partial charge in [0.2, 0.25) is 0 Å². The molecule has 1 fully saturated rings. The van der Waals surface area contributed by atoms with Crippen LogP contribution in [0.1, 0.15) is 28.4 Å². The standard InChI is InChI=1S/C24H23Cl2FN2/c1-17-7-2-3-8-18(17)15-28-13-14-29(16-20-22(26)11-6-12-23(20)27)24(28)19-9-4-5-10-21(19)25/h2-12,24H,13-16H2,1H3/t24-/m0/s1. The fraction of sp³-hybridized carbons (Fsp3) is 0.250. The van der Waals surface area contributed by atoms with Crippen molar-refractivity contribution < 1.29 is 4.39 Å². The first-order valence-corrected chi connectivity index (χ1v) is 10.5. The van der Waals surface area contributed by atoms with E-state index in [0.717, 1.165) is 30.2 Å². The molecule has 3 aromatic rings. The minimum atomic E-state index is -0.271. The Labute approximate surface area is 181 Å². The highest BCUT2D eigenvalue weighted by molar-refractivity contribution is 6.31. The van der Waals surface area contributed by atoms with Gasteiger partial charge in [-0.1, -0.05) is 71.7 Å². The molecule has 0 spiro atoms. The second kappa shape index (κ2) is 8.85. The fourth-order valence-corrected chi connectivity index (χ4v) is 4.49. The lowest BCUT2D eigenvalue weighted by Crippen LogP contribution is -2.31. The molecule has 2 nitrogen and oxygen atoms in total. The third-order valence-corrected chi connectivity index (χ3v) is 6.31. The van der Waals surface area contributed by atoms with Gasteiger partial charge in [0.1, 0.15) is 5.82 Å². The summed E-state index contributed by atoms with van der Waals surface area (Å²) in [6.07, 6.45) is -0.0426. The van der Waals surface area contributed by atoms with Gasteiger partial charge in [0, 0.05) is 47.4 Å². The van der Waals surface area contributed by atoms with E-state index in [4.69, 9.17) is 23.2 Å². The van der Waals surface area contributed by atoms with Crippen molar-refractivity contribution in [2.75, 3.05) is 13.1 Å². The maximum absolute atomic E-state index is 14.5. The van der Waals surface area contributed by atoms with Crippen LogP contribution in [-0.2, 0) is 13.1 Å². The highest BCUT2D eigenvalue weighted by Gasteiger charge is 2.35. The largest absolute Gasteiger partial charge is 0.278 e. The number of nitrogens with zero attached hydrogens (tertiary/aromatic N) is 2. The predicted octanol–water partition coefficient (Wildman–Crippen LogP) is 6.46. The van der Waals surface area contributed by atoms with Crippen LogP contribution in [-0.4, -0.2) is 22.9 Å². The van der Waals surface area contributed by atoms with Gasteiger partial charge in [-0.05, 0) is 36.2 Å². The van der Waals surface area contributed by atoms with Gasteiger partial charge in [-0.15, -0.1) is 0 Å². The van der Waals surface area contributed by atoms with Crippen LogP contribution in [0.25, 0.3) is 0 Å². The number of hydrogen-bond acceptors (Lipinski definition) is 2. The summed E-state index contributed by atoms with van der Waals surface area (Å²) >= 11 is 12.9. The summed E-state index contributed by atoms with van der Waals surface area (Å²) in [5.74, 6) is -0.271. The van der Waals surface area contributed by atoms with E-state index in [-0.39, 0.29) is 12.0 Å². The summed E-state index contributed by atoms with van der Waals surface area (Å²) in [6.45, 7) is 5.06. The van der Waals surface area contributed by atoms with Crippen molar-refractivity contribution in [2.24, 2.45) is 0 Å². The molecular formula is C24H23Cl2FN2. The van der Waals surface area contributed by atoms with Crippen LogP contribution in [0.2, 0.25) is 10.0 Å². The number of hydrogen-bond donors (Lipinski definition) is 0. The van der Waals surface area contributed by atoms with E-state index in [1.807, 2.05) is 18.2 Å². The first-order chi connectivity index (χ1) is 14.0. The quantitative estimate of drug-likeness (QED) is 0.460. The Morgan fingerprint density at radius 1 is 0.828 bits per heavy atom. The summed E-state index contributed by atoms with van der Waals surface area (Å²) in [5, 5.41) is 1.18. The van der Waals surface area contributed by atoms with Crippen LogP contribution in [0.3, 0.4) is 0 Å². The minimum absolute atomic E-state index is 0.0426. The van der Waals surface area contributed by atoms with E-state index in [9.17, 15) is 4.39 Å². The summed E-state index contributed by atoms with van der Waals surface area (Å²) < 4.78 is 14.5. The summed E-state index contributed by atoms with van der Waals surface area (Å²) in [6, 6.07) is 21.2. The van der Waals surface area contributed by atoms with Crippen molar-refractivity contribution >= 4 is 23.2 Å². The van der Waals surface area contributed by atoms with Crippen LogP contribution in [0.5, 0.6) is 0 Å². The second-order valence-electron chi connectivity index (χ2n) is 7.46. The molecule has 0 aliphatic carbocycles. The topological polar surface area (TPSA) is 6.48 Å². The van der Waals surface area contributed by atoms with Crippen LogP contribution in [0, 0.1) is 12.7 Å². The molecule has 1 aliphatic heterocycles. The molecule has 4 rings (SSSR count). The zero-order valence-corrected chi connectivity index (χ0v) is 17.8. The molecule has 0 amide bonds. The zero-order valence-electron chi connectivity index (χ0n) is 16.3. The third-order valence-electron chi connectivity index (χ3n) is 5.61. The molecule has 0 unspecified atom stereocenters. The average Bonchev–Trinajstić information content (AvgIpc) is 3.09. The predicted molar refractivity (Wildman–Crippen MR) is 118 cm³/mol. The normalized spacial score (nSPS) is 17.7. The Morgan fingerprint density at radius 2 is 1.48 bits per heavy atom. The molecule has 1 aliphatic rings. The molecule has 5 heteroatoms. The molecule has 1 saturated heterocycles. The Hall–Kier alpha value is -1.91. The van der Waals surface area contributed by atoms with Crippen molar-refractivity contribution in [1.82, 2.24) is 9.80 Å². The molecule has 150 valence electrons. The van der Waals surface area contributed by atoms with E-state index < -0.39 is 0 Å². The molecule has 0 saturated carbocycles. The highest BCUT2D eigenvalue weighted by Crippen LogP contribution is 2.37. The van der Waals surface area contributed by atoms with Gasteiger partial charge in [0.15, 0.2) is 0 Å². The molecule has 0 aromatic heterocycles. The number of benzene rings is 3. The van der Waals surface area contributed by atoms with E-state index in [1.54, 1.807) is 12.1 Å². The highest BCUT2D eigenvalue weighted by atomic mass is 35.5. The lowest BCUT2D eigenvalue weighted by Gasteiger charge is -2.32. The molecule has 3 aromatic carbocycles. The van der Waals surface area contributed by atoms with Crippen LogP contribution < -0.4 is 0 Å². The van der Waals surface area contributed by atoms with Crippen molar-refractivity contribution in [1.29, 1.82) is 0 Å². The Balaban J connectivity index is 1.68. The first kappa shape index (κ1) is 20.4. The summed E-state index contributed by atoms with van der Waals surface area (Å²) in [4.78, 5) is 4.65. The Bertz CT molecular complexity index is 987. The number of rotatable bonds is 5. The number of halogens is 3. The van der Waals surface area contributed by atoms with Crippen molar-refractivity contribution in [3.8, 4) is 0 Å². The molecule has 29 heavy (non-hydrogen) atoms. The minimum Gasteiger partial charge on any atom is -0.278 e. The van der Waals surface area contributed by atoms with Gasteiger partial charge >= 0.3 is 0 Å². The maximum Gasteiger partial charge on any atom is 0.129 e. The van der Waals surface area contributed by atoms with Gasteiger partial charge in [0.05, 0.1) is 6.17 Å². The summed E-state index contributed by atoms with van der Waals surface area (Å²) in [7, 11) is 0. The molecule has 0 N–H and O–H groups in total. The molecular weight excluding hydrogens is 406 g/mol. The van der Waals surface area contributed by atoms with Crippen LogP contribution >= 0.6 is 23.2 Å². The van der Waals surface area contributed by atoms with Crippen molar-refractivity contribution in [3.05, 3.63) is 105 Å². The lowest BCUT2D eigenvalue weighted by atomic mass is 10.1. The molecule has 0 radical (unpaired) electrons. The van der Waals surface area contributed by atoms with E-state index in [1.165, 1.54) is 17.2 Å². The van der Waals surface area contributed by atoms with Gasteiger partial charge in [-0.2, -0.15) is 0 Å². The maximum atomic E-state index is 14.5. The van der Waals surface area contributed by atoms with Gasteiger partial charge in [0.25, 0.3) is 0 Å². The van der Waals surface area contributed by atoms with Gasteiger partial charge in [-0.3, -0.25) is 9.80 Å². The average molecular weight is 429 g/mol. The van der Waals surface area contributed by atoms with E-state index in [2.05, 4.69) is 47.1 Å². The zero-order chi connectivity index (χ0) is 20.4. The van der Waals surface area contributed by atoms with E-state index in [0.29, 0.717) is 17.1 Å². The van der Waals surface area contributed by atoms with E-state index >= 15 is 0 Å². The Morgan fingerprint density at radius 3 is 2.21 bits per heavy atom. The Kier molecular flexibility index (Phi) is 6.21. The third kappa shape index (κ3) is 4.34. The van der Waals surface area contributed by atoms with Gasteiger partial charge in [-0.25, -0.2) is 4.39 Å². The molecule has 1 heterocycles. The SMILES string of the molecule is Cc1ccccc1CN1CCN(Cc2c(F)cccc2Cl)[C@H]1c1ccccc1Cl. The molecule has 1 atom stereocenters. The number of aryl methyl sites for hydroxylation is 1. The van der Waals surface area contributed by atoms with Crippen LogP contribution in [0.4, 0.5) is 4.39 Å². The second-order valence-corrected chi connectivity index (χ2v) is 8.28. The monoisotopic (exact) mass is 428 g/mol. The first-order valence-electron chi connectivity index (χ1n) is 9.74. The fourth-order valence-electron chi connectivity index (χ4n) is 4.03. The van der Waals surface area contributed by atoms with Crippen molar-refractivity contribution in [3.63, 3.8) is 0 Å².